The van der Waals surface area contributed by atoms with Gasteiger partial charge in [-0.1, -0.05) is 13.8 Å². The summed E-state index contributed by atoms with van der Waals surface area (Å²) < 4.78 is 34.4. The number of piperidine rings is 1. The number of carbonyl (C=O) groups is 1. The third-order valence-electron chi connectivity index (χ3n) is 4.21. The molecule has 0 aromatic carbocycles. The van der Waals surface area contributed by atoms with E-state index in [9.17, 15) is 13.2 Å². The van der Waals surface area contributed by atoms with Crippen LogP contribution in [0.5, 0.6) is 0 Å². The van der Waals surface area contributed by atoms with Crippen molar-refractivity contribution < 1.29 is 22.7 Å². The quantitative estimate of drug-likeness (QED) is 0.737. The normalized spacial score (nSPS) is 18.7. The monoisotopic (exact) mass is 349 g/mol. The summed E-state index contributed by atoms with van der Waals surface area (Å²) in [6.07, 6.45) is 1.92. The summed E-state index contributed by atoms with van der Waals surface area (Å²) in [4.78, 5) is 13.8. The lowest BCUT2D eigenvalue weighted by Gasteiger charge is -2.41. The van der Waals surface area contributed by atoms with E-state index in [1.165, 1.54) is 0 Å². The van der Waals surface area contributed by atoms with Crippen LogP contribution >= 0.6 is 0 Å². The Labute approximate surface area is 140 Å². The molecule has 1 rings (SSSR count). The number of sulfone groups is 1. The first-order chi connectivity index (χ1) is 10.5. The molecule has 7 heteroatoms. The first-order valence-corrected chi connectivity index (χ1v) is 10.2. The van der Waals surface area contributed by atoms with Gasteiger partial charge in [0, 0.05) is 18.8 Å². The van der Waals surface area contributed by atoms with E-state index in [2.05, 4.69) is 0 Å². The molecular weight excluding hydrogens is 318 g/mol. The maximum absolute atomic E-state index is 12.1. The molecule has 6 nitrogen and oxygen atoms in total. The fraction of sp³-hybridized carbons (Fsp3) is 0.938. The lowest BCUT2D eigenvalue weighted by atomic mass is 9.88. The standard InChI is InChI=1S/C16H31NO5S/c1-6-16(21-12-13-23(19,20)7-2)8-10-17(11-9-16)14(18)22-15(3,4)5/h6-13H2,1-5H3. The van der Waals surface area contributed by atoms with Crippen LogP contribution in [0.15, 0.2) is 0 Å². The largest absolute Gasteiger partial charge is 0.444 e. The SMILES string of the molecule is CCC1(OCCS(=O)(=O)CC)CCN(C(=O)OC(C)(C)C)CC1. The molecule has 23 heavy (non-hydrogen) atoms. The van der Waals surface area contributed by atoms with Crippen LogP contribution in [0.3, 0.4) is 0 Å². The summed E-state index contributed by atoms with van der Waals surface area (Å²) in [7, 11) is -3.01. The van der Waals surface area contributed by atoms with E-state index in [1.54, 1.807) is 11.8 Å². The molecule has 0 atom stereocenters. The molecule has 0 saturated carbocycles. The van der Waals surface area contributed by atoms with Crippen LogP contribution in [0.1, 0.15) is 53.9 Å². The maximum atomic E-state index is 12.1. The van der Waals surface area contributed by atoms with Gasteiger partial charge in [-0.05, 0) is 40.0 Å². The zero-order valence-corrected chi connectivity index (χ0v) is 15.9. The summed E-state index contributed by atoms with van der Waals surface area (Å²) >= 11 is 0. The summed E-state index contributed by atoms with van der Waals surface area (Å²) in [5.74, 6) is 0.197. The van der Waals surface area contributed by atoms with E-state index >= 15 is 0 Å². The summed E-state index contributed by atoms with van der Waals surface area (Å²) in [6, 6.07) is 0. The van der Waals surface area contributed by atoms with E-state index < -0.39 is 15.4 Å². The van der Waals surface area contributed by atoms with Gasteiger partial charge in [0.15, 0.2) is 9.84 Å². The van der Waals surface area contributed by atoms with Gasteiger partial charge in [-0.2, -0.15) is 0 Å². The van der Waals surface area contributed by atoms with E-state index in [0.29, 0.717) is 25.9 Å². The molecule has 0 aliphatic carbocycles. The van der Waals surface area contributed by atoms with Gasteiger partial charge in [0.1, 0.15) is 5.60 Å². The Morgan fingerprint density at radius 3 is 2.17 bits per heavy atom. The number of amides is 1. The Bertz CT molecular complexity index is 487. The fourth-order valence-electron chi connectivity index (χ4n) is 2.55. The lowest BCUT2D eigenvalue weighted by molar-refractivity contribution is -0.0813. The van der Waals surface area contributed by atoms with Crippen molar-refractivity contribution in [1.29, 1.82) is 0 Å². The first kappa shape index (κ1) is 20.2. The molecule has 136 valence electrons. The molecule has 0 aromatic heterocycles. The highest BCUT2D eigenvalue weighted by Crippen LogP contribution is 2.30. The molecule has 0 spiro atoms. The van der Waals surface area contributed by atoms with Crippen LogP contribution in [-0.4, -0.2) is 61.8 Å². The molecule has 0 radical (unpaired) electrons. The van der Waals surface area contributed by atoms with Crippen molar-refractivity contribution in [2.75, 3.05) is 31.2 Å². The van der Waals surface area contributed by atoms with Crippen LogP contribution < -0.4 is 0 Å². The average molecular weight is 349 g/mol. The number of carbonyl (C=O) groups excluding carboxylic acids is 1. The Kier molecular flexibility index (Phi) is 6.89. The topological polar surface area (TPSA) is 72.9 Å². The van der Waals surface area contributed by atoms with Gasteiger partial charge in [0.2, 0.25) is 0 Å². The molecule has 1 heterocycles. The number of likely N-dealkylation sites (tertiary alicyclic amines) is 1. The van der Waals surface area contributed by atoms with Gasteiger partial charge < -0.3 is 14.4 Å². The molecule has 0 unspecified atom stereocenters. The highest BCUT2D eigenvalue weighted by molar-refractivity contribution is 7.91. The first-order valence-electron chi connectivity index (χ1n) is 8.35. The second-order valence-corrected chi connectivity index (χ2v) is 9.56. The Balaban J connectivity index is 2.51. The van der Waals surface area contributed by atoms with Crippen LogP contribution in [0.2, 0.25) is 0 Å². The summed E-state index contributed by atoms with van der Waals surface area (Å²) in [5, 5.41) is 0. The van der Waals surface area contributed by atoms with Crippen LogP contribution in [0.25, 0.3) is 0 Å². The highest BCUT2D eigenvalue weighted by Gasteiger charge is 2.36. The minimum absolute atomic E-state index is 0.0566. The smallest absolute Gasteiger partial charge is 0.410 e. The minimum atomic E-state index is -3.01. The van der Waals surface area contributed by atoms with E-state index in [0.717, 1.165) is 6.42 Å². The third-order valence-corrected chi connectivity index (χ3v) is 5.88. The number of rotatable bonds is 6. The molecule has 0 bridgehead atoms. The van der Waals surface area contributed by atoms with Crippen LogP contribution in [0, 0.1) is 0 Å². The van der Waals surface area contributed by atoms with Gasteiger partial charge in [0.25, 0.3) is 0 Å². The Morgan fingerprint density at radius 2 is 1.74 bits per heavy atom. The predicted octanol–water partition coefficient (Wildman–Crippen LogP) is 2.62. The Morgan fingerprint density at radius 1 is 1.17 bits per heavy atom. The van der Waals surface area contributed by atoms with E-state index in [4.69, 9.17) is 9.47 Å². The number of hydrogen-bond acceptors (Lipinski definition) is 5. The second-order valence-electron chi connectivity index (χ2n) is 7.09. The molecule has 1 aliphatic rings. The second kappa shape index (κ2) is 7.83. The van der Waals surface area contributed by atoms with Gasteiger partial charge >= 0.3 is 6.09 Å². The highest BCUT2D eigenvalue weighted by atomic mass is 32.2. The number of hydrogen-bond donors (Lipinski definition) is 0. The van der Waals surface area contributed by atoms with E-state index in [-0.39, 0.29) is 29.8 Å². The molecule has 1 saturated heterocycles. The van der Waals surface area contributed by atoms with Gasteiger partial charge in [-0.25, -0.2) is 13.2 Å². The van der Waals surface area contributed by atoms with E-state index in [1.807, 2.05) is 27.7 Å². The molecule has 1 amide bonds. The fourth-order valence-corrected chi connectivity index (χ4v) is 3.18. The van der Waals surface area contributed by atoms with Crippen molar-refractivity contribution in [2.45, 2.75) is 65.1 Å². The lowest BCUT2D eigenvalue weighted by Crippen LogP contribution is -2.49. The maximum Gasteiger partial charge on any atom is 0.410 e. The van der Waals surface area contributed by atoms with Gasteiger partial charge in [-0.15, -0.1) is 0 Å². The van der Waals surface area contributed by atoms with Crippen LogP contribution in [-0.2, 0) is 19.3 Å². The van der Waals surface area contributed by atoms with Crippen molar-refractivity contribution >= 4 is 15.9 Å². The predicted molar refractivity (Wildman–Crippen MR) is 90.3 cm³/mol. The van der Waals surface area contributed by atoms with Crippen LogP contribution in [0.4, 0.5) is 4.79 Å². The number of ether oxygens (including phenoxy) is 2. The number of nitrogens with zero attached hydrogens (tertiary/aromatic N) is 1. The minimum Gasteiger partial charge on any atom is -0.444 e. The molecule has 1 fully saturated rings. The Hall–Kier alpha value is -0.820. The van der Waals surface area contributed by atoms with Crippen molar-refractivity contribution in [3.05, 3.63) is 0 Å². The van der Waals surface area contributed by atoms with Crippen molar-refractivity contribution in [3.8, 4) is 0 Å². The average Bonchev–Trinajstić information content (AvgIpc) is 2.46. The summed E-state index contributed by atoms with van der Waals surface area (Å²) in [6.45, 7) is 10.6. The molecule has 0 N–H and O–H groups in total. The third kappa shape index (κ3) is 6.67. The zero-order chi connectivity index (χ0) is 17.7. The summed E-state index contributed by atoms with van der Waals surface area (Å²) in [5.41, 5.74) is -0.830. The molecule has 1 aliphatic heterocycles. The molecule has 0 aromatic rings. The zero-order valence-electron chi connectivity index (χ0n) is 15.1. The van der Waals surface area contributed by atoms with Crippen molar-refractivity contribution in [3.63, 3.8) is 0 Å². The van der Waals surface area contributed by atoms with Gasteiger partial charge in [0.05, 0.1) is 18.0 Å². The van der Waals surface area contributed by atoms with Crippen molar-refractivity contribution in [1.82, 2.24) is 4.90 Å². The molecular formula is C16H31NO5S. The van der Waals surface area contributed by atoms with Crippen molar-refractivity contribution in [2.24, 2.45) is 0 Å². The van der Waals surface area contributed by atoms with Gasteiger partial charge in [-0.3, -0.25) is 0 Å².